The average Bonchev–Trinajstić information content (AvgIpc) is 4.09. The second-order valence-electron chi connectivity index (χ2n) is 18.8. The van der Waals surface area contributed by atoms with Gasteiger partial charge in [0.1, 0.15) is 73.8 Å². The Balaban J connectivity index is 0.000000192. The van der Waals surface area contributed by atoms with Crippen molar-refractivity contribution in [1.29, 1.82) is 0 Å². The number of rotatable bonds is 26. The zero-order valence-corrected chi connectivity index (χ0v) is 39.4. The first kappa shape index (κ1) is 47.4. The van der Waals surface area contributed by atoms with E-state index in [2.05, 4.69) is 127 Å². The molecule has 4 unspecified atom stereocenters. The standard InChI is InChI=1S/C29H40O4.C27H32O4/c1-5-7-9-21-15-23(11-13-27(21)32-19-25-17-30-25)29(3,4)24-12-14-28(33-20-26-18-31-26)22(16-24)10-8-6-2;1-5-7-19-13-21(9-11-25(19)30-17-23-15-28-23)27(3,4)22-10-12-26(20(14-22)8-6-2)31-18-24-16-29-24/h11-16,25-26H,5-10,17-20H2,1-4H3;5-6,9-14,23-24H,1-2,7-8,15-18H2,3-4H3. The van der Waals surface area contributed by atoms with E-state index in [1.165, 1.54) is 46.2 Å². The number of epoxide rings is 4. The lowest BCUT2D eigenvalue weighted by Crippen LogP contribution is -2.20. The maximum absolute atomic E-state index is 6.11. The molecule has 0 saturated carbocycles. The first-order valence-corrected chi connectivity index (χ1v) is 23.7. The van der Waals surface area contributed by atoms with E-state index in [0.717, 1.165) is 99.1 Å². The molecule has 4 aliphatic rings. The highest BCUT2D eigenvalue weighted by Gasteiger charge is 2.30. The van der Waals surface area contributed by atoms with Gasteiger partial charge < -0.3 is 37.9 Å². The van der Waals surface area contributed by atoms with Crippen LogP contribution in [0.25, 0.3) is 0 Å². The van der Waals surface area contributed by atoms with Gasteiger partial charge in [-0.2, -0.15) is 0 Å². The highest BCUT2D eigenvalue weighted by Crippen LogP contribution is 2.39. The number of benzene rings is 4. The predicted octanol–water partition coefficient (Wildman–Crippen LogP) is 11.3. The molecule has 4 saturated heterocycles. The van der Waals surface area contributed by atoms with Gasteiger partial charge in [-0.1, -0.05) is 115 Å². The number of aryl methyl sites for hydroxylation is 2. The van der Waals surface area contributed by atoms with Gasteiger partial charge in [-0.15, -0.1) is 13.2 Å². The molecule has 4 aliphatic heterocycles. The van der Waals surface area contributed by atoms with Crippen LogP contribution in [0.5, 0.6) is 23.0 Å². The van der Waals surface area contributed by atoms with E-state index in [1.54, 1.807) is 0 Å². The van der Waals surface area contributed by atoms with Gasteiger partial charge in [0.25, 0.3) is 0 Å². The lowest BCUT2D eigenvalue weighted by molar-refractivity contribution is 0.260. The largest absolute Gasteiger partial charge is 0.491 e. The highest BCUT2D eigenvalue weighted by molar-refractivity contribution is 5.50. The molecule has 344 valence electrons. The number of unbranched alkanes of at least 4 members (excludes halogenated alkanes) is 2. The van der Waals surface area contributed by atoms with E-state index >= 15 is 0 Å². The molecule has 0 radical (unpaired) electrons. The van der Waals surface area contributed by atoms with Gasteiger partial charge in [-0.25, -0.2) is 0 Å². The van der Waals surface area contributed by atoms with Crippen LogP contribution in [-0.2, 0) is 55.5 Å². The van der Waals surface area contributed by atoms with Gasteiger partial charge in [0.15, 0.2) is 0 Å². The minimum atomic E-state index is -0.178. The molecular weight excluding hydrogens is 801 g/mol. The topological polar surface area (TPSA) is 87.0 Å². The summed E-state index contributed by atoms with van der Waals surface area (Å²) in [6.45, 7) is 27.2. The van der Waals surface area contributed by atoms with Gasteiger partial charge in [0, 0.05) is 10.8 Å². The number of allylic oxidation sites excluding steroid dienone is 2. The molecule has 4 atom stereocenters. The second-order valence-corrected chi connectivity index (χ2v) is 18.8. The lowest BCUT2D eigenvalue weighted by Gasteiger charge is -2.28. The fourth-order valence-electron chi connectivity index (χ4n) is 7.91. The van der Waals surface area contributed by atoms with E-state index in [-0.39, 0.29) is 35.2 Å². The van der Waals surface area contributed by atoms with Crippen molar-refractivity contribution in [1.82, 2.24) is 0 Å². The lowest BCUT2D eigenvalue weighted by atomic mass is 9.76. The highest BCUT2D eigenvalue weighted by atomic mass is 16.6. The summed E-state index contributed by atoms with van der Waals surface area (Å²) in [5, 5.41) is 0. The van der Waals surface area contributed by atoms with Crippen molar-refractivity contribution in [3.63, 3.8) is 0 Å². The Morgan fingerprint density at radius 1 is 0.469 bits per heavy atom. The van der Waals surface area contributed by atoms with Crippen LogP contribution in [-0.4, -0.2) is 77.3 Å². The van der Waals surface area contributed by atoms with Crippen LogP contribution < -0.4 is 18.9 Å². The molecule has 8 heteroatoms. The molecule has 0 amide bonds. The van der Waals surface area contributed by atoms with Gasteiger partial charge in [-0.05, 0) is 107 Å². The SMILES string of the molecule is C=CCc1cc(C(C)(C)c2ccc(OCC3CO3)c(CC=C)c2)ccc1OCC1CO1.CCCCc1cc(C(C)(C)c2ccc(OCC3CO3)c(CCCC)c2)ccc1OCC1CO1. The van der Waals surface area contributed by atoms with Crippen LogP contribution >= 0.6 is 0 Å². The normalized spacial score (nSPS) is 19.5. The molecule has 0 bridgehead atoms. The van der Waals surface area contributed by atoms with Gasteiger partial charge in [0.05, 0.1) is 26.4 Å². The summed E-state index contributed by atoms with van der Waals surface area (Å²) in [5.41, 5.74) is 9.75. The van der Waals surface area contributed by atoms with Crippen molar-refractivity contribution in [2.45, 2.75) is 128 Å². The third-order valence-corrected chi connectivity index (χ3v) is 12.8. The molecule has 4 aromatic carbocycles. The molecule has 64 heavy (non-hydrogen) atoms. The number of hydrogen-bond donors (Lipinski definition) is 0. The van der Waals surface area contributed by atoms with Crippen LogP contribution in [0.2, 0.25) is 0 Å². The van der Waals surface area contributed by atoms with Crippen molar-refractivity contribution >= 4 is 0 Å². The molecule has 0 aromatic heterocycles. The Hall–Kier alpha value is -4.60. The molecule has 8 rings (SSSR count). The predicted molar refractivity (Wildman–Crippen MR) is 256 cm³/mol. The van der Waals surface area contributed by atoms with E-state index < -0.39 is 0 Å². The molecular formula is C56H72O8. The molecule has 0 N–H and O–H groups in total. The van der Waals surface area contributed by atoms with Crippen LogP contribution in [0.4, 0.5) is 0 Å². The Labute approximate surface area is 383 Å². The number of ether oxygens (including phenoxy) is 8. The van der Waals surface area contributed by atoms with Crippen molar-refractivity contribution in [2.24, 2.45) is 0 Å². The van der Waals surface area contributed by atoms with E-state index in [4.69, 9.17) is 37.9 Å². The minimum absolute atomic E-state index is 0.113. The Kier molecular flexibility index (Phi) is 16.3. The van der Waals surface area contributed by atoms with Crippen molar-refractivity contribution < 1.29 is 37.9 Å². The molecule has 4 aromatic rings. The molecule has 0 spiro atoms. The third kappa shape index (κ3) is 13.2. The van der Waals surface area contributed by atoms with Crippen molar-refractivity contribution in [2.75, 3.05) is 52.9 Å². The van der Waals surface area contributed by atoms with Gasteiger partial charge in [0.2, 0.25) is 0 Å². The number of hydrogen-bond acceptors (Lipinski definition) is 8. The monoisotopic (exact) mass is 873 g/mol. The first-order chi connectivity index (χ1) is 31.0. The van der Waals surface area contributed by atoms with E-state index in [1.807, 2.05) is 12.2 Å². The van der Waals surface area contributed by atoms with Gasteiger partial charge >= 0.3 is 0 Å². The van der Waals surface area contributed by atoms with Crippen molar-refractivity contribution in [3.05, 3.63) is 143 Å². The molecule has 4 fully saturated rings. The Morgan fingerprint density at radius 2 is 0.734 bits per heavy atom. The summed E-state index contributed by atoms with van der Waals surface area (Å²) in [7, 11) is 0. The fourth-order valence-corrected chi connectivity index (χ4v) is 7.91. The van der Waals surface area contributed by atoms with Crippen LogP contribution in [0.1, 0.15) is 112 Å². The summed E-state index contributed by atoms with van der Waals surface area (Å²) in [6, 6.07) is 26.5. The third-order valence-electron chi connectivity index (χ3n) is 12.8. The van der Waals surface area contributed by atoms with E-state index in [0.29, 0.717) is 26.4 Å². The Bertz CT molecular complexity index is 2010. The quantitative estimate of drug-likeness (QED) is 0.0455. The summed E-state index contributed by atoms with van der Waals surface area (Å²) in [4.78, 5) is 0. The van der Waals surface area contributed by atoms with Crippen LogP contribution in [0.15, 0.2) is 98.1 Å². The van der Waals surface area contributed by atoms with Crippen molar-refractivity contribution in [3.8, 4) is 23.0 Å². The summed E-state index contributed by atoms with van der Waals surface area (Å²) < 4.78 is 45.4. The maximum atomic E-state index is 6.11. The fraction of sp³-hybridized carbons (Fsp3) is 0.500. The second kappa shape index (κ2) is 22.1. The Morgan fingerprint density at radius 3 is 0.984 bits per heavy atom. The zero-order chi connectivity index (χ0) is 45.1. The minimum Gasteiger partial charge on any atom is -0.491 e. The summed E-state index contributed by atoms with van der Waals surface area (Å²) in [5.74, 6) is 3.84. The summed E-state index contributed by atoms with van der Waals surface area (Å²) in [6.07, 6.45) is 13.2. The van der Waals surface area contributed by atoms with Crippen LogP contribution in [0, 0.1) is 0 Å². The smallest absolute Gasteiger partial charge is 0.122 e. The molecule has 0 aliphatic carbocycles. The zero-order valence-electron chi connectivity index (χ0n) is 39.4. The molecule has 4 heterocycles. The average molecular weight is 873 g/mol. The first-order valence-electron chi connectivity index (χ1n) is 23.7. The maximum Gasteiger partial charge on any atom is 0.122 e. The van der Waals surface area contributed by atoms with Crippen LogP contribution in [0.3, 0.4) is 0 Å². The van der Waals surface area contributed by atoms with E-state index in [9.17, 15) is 0 Å². The summed E-state index contributed by atoms with van der Waals surface area (Å²) >= 11 is 0. The molecule has 8 nitrogen and oxygen atoms in total. The van der Waals surface area contributed by atoms with Gasteiger partial charge in [-0.3, -0.25) is 0 Å².